The lowest BCUT2D eigenvalue weighted by molar-refractivity contribution is -0.199. The van der Waals surface area contributed by atoms with Crippen LogP contribution in [0, 0.1) is 0 Å². The number of esters is 1. The summed E-state index contributed by atoms with van der Waals surface area (Å²) in [6.07, 6.45) is 0.639. The molecule has 2 heterocycles. The van der Waals surface area contributed by atoms with Gasteiger partial charge in [-0.15, -0.1) is 0 Å². The quantitative estimate of drug-likeness (QED) is 0.670. The van der Waals surface area contributed by atoms with Gasteiger partial charge in [-0.3, -0.25) is 0 Å². The van der Waals surface area contributed by atoms with E-state index >= 15 is 0 Å². The fraction of sp³-hybridized carbons (Fsp3) is 0.800. The monoisotopic (exact) mass is 231 g/mol. The summed E-state index contributed by atoms with van der Waals surface area (Å²) in [5.41, 5.74) is 0. The van der Waals surface area contributed by atoms with Crippen LogP contribution >= 0.6 is 0 Å². The van der Waals surface area contributed by atoms with E-state index in [1.54, 1.807) is 6.92 Å². The fourth-order valence-electron chi connectivity index (χ4n) is 2.19. The summed E-state index contributed by atoms with van der Waals surface area (Å²) in [7, 11) is 0. The summed E-state index contributed by atoms with van der Waals surface area (Å²) in [4.78, 5) is 24.3. The lowest BCUT2D eigenvalue weighted by Crippen LogP contribution is -2.54. The van der Waals surface area contributed by atoms with E-state index in [4.69, 9.17) is 0 Å². The molecule has 2 unspecified atom stereocenters. The van der Waals surface area contributed by atoms with E-state index < -0.39 is 17.9 Å². The molecule has 2 saturated heterocycles. The predicted molar refractivity (Wildman–Crippen MR) is 51.3 cm³/mol. The van der Waals surface area contributed by atoms with E-state index in [-0.39, 0.29) is 19.1 Å². The third kappa shape index (κ3) is 1.72. The number of alkyl halides is 1. The summed E-state index contributed by atoms with van der Waals surface area (Å²) >= 11 is 0. The largest absolute Gasteiger partial charge is 0.461 e. The average Bonchev–Trinajstić information content (AvgIpc) is 2.66. The Morgan fingerprint density at radius 3 is 3.19 bits per heavy atom. The second-order valence-electron chi connectivity index (χ2n) is 4.01. The van der Waals surface area contributed by atoms with E-state index in [9.17, 15) is 14.0 Å². The first-order chi connectivity index (χ1) is 7.57. The van der Waals surface area contributed by atoms with Crippen LogP contribution in [-0.2, 0) is 14.3 Å². The van der Waals surface area contributed by atoms with Gasteiger partial charge in [0.1, 0.15) is 0 Å². The molecule has 0 spiro atoms. The van der Waals surface area contributed by atoms with Gasteiger partial charge in [0.2, 0.25) is 0 Å². The van der Waals surface area contributed by atoms with Crippen molar-refractivity contribution in [3.63, 3.8) is 0 Å². The number of nitrogens with zero attached hydrogens (tertiary/aromatic N) is 1. The second-order valence-corrected chi connectivity index (χ2v) is 4.01. The van der Waals surface area contributed by atoms with Gasteiger partial charge in [-0.1, -0.05) is 0 Å². The van der Waals surface area contributed by atoms with Crippen LogP contribution in [0.25, 0.3) is 0 Å². The topological polar surface area (TPSA) is 55.8 Å². The number of carbonyl (C=O) groups is 2. The van der Waals surface area contributed by atoms with Crippen molar-refractivity contribution in [2.45, 2.75) is 38.1 Å². The summed E-state index contributed by atoms with van der Waals surface area (Å²) in [6.45, 7) is 2.21. The van der Waals surface area contributed by atoms with Crippen LogP contribution in [0.1, 0.15) is 26.2 Å². The van der Waals surface area contributed by atoms with Gasteiger partial charge in [0.15, 0.2) is 0 Å². The summed E-state index contributed by atoms with van der Waals surface area (Å²) in [6, 6.07) is -0.240. The summed E-state index contributed by atoms with van der Waals surface area (Å²) < 4.78 is 23.2. The first-order valence-corrected chi connectivity index (χ1v) is 5.42. The lowest BCUT2D eigenvalue weighted by atomic mass is 10.0. The predicted octanol–water partition coefficient (Wildman–Crippen LogP) is 1.22. The van der Waals surface area contributed by atoms with E-state index in [2.05, 4.69) is 9.47 Å². The molecular formula is C10H14FNO4. The Balaban J connectivity index is 2.12. The lowest BCUT2D eigenvalue weighted by Gasteiger charge is -2.36. The van der Waals surface area contributed by atoms with Crippen molar-refractivity contribution in [3.8, 4) is 0 Å². The highest BCUT2D eigenvalue weighted by atomic mass is 19.2. The van der Waals surface area contributed by atoms with Crippen molar-refractivity contribution >= 4 is 12.1 Å². The van der Waals surface area contributed by atoms with Gasteiger partial charge in [0.25, 0.3) is 0 Å². The molecule has 6 heteroatoms. The van der Waals surface area contributed by atoms with Crippen LogP contribution in [0.3, 0.4) is 0 Å². The summed E-state index contributed by atoms with van der Waals surface area (Å²) in [5.74, 6) is -3.70. The molecule has 0 aromatic rings. The number of fused-ring (bicyclic) bond motifs is 1. The second kappa shape index (κ2) is 3.92. The first-order valence-electron chi connectivity index (χ1n) is 5.42. The van der Waals surface area contributed by atoms with Gasteiger partial charge in [0.05, 0.1) is 13.0 Å². The standard InChI is InChI=1S/C10H14FNO4/c1-2-15-8(13)10(11)6-7-4-3-5-12(7)9(14)16-10/h7H,2-6H2,1H3. The van der Waals surface area contributed by atoms with Gasteiger partial charge in [0, 0.05) is 12.6 Å². The molecule has 90 valence electrons. The van der Waals surface area contributed by atoms with E-state index in [1.165, 1.54) is 4.90 Å². The Bertz CT molecular complexity index is 322. The third-order valence-corrected chi connectivity index (χ3v) is 2.94. The minimum absolute atomic E-state index is 0.0659. The maximum atomic E-state index is 14.1. The number of ether oxygens (including phenoxy) is 2. The molecule has 2 aliphatic heterocycles. The molecule has 2 fully saturated rings. The Labute approximate surface area is 92.5 Å². The fourth-order valence-corrected chi connectivity index (χ4v) is 2.19. The molecule has 5 nitrogen and oxygen atoms in total. The summed E-state index contributed by atoms with van der Waals surface area (Å²) in [5, 5.41) is 0. The SMILES string of the molecule is CCOC(=O)C1(F)CC2CCCN2C(=O)O1. The Morgan fingerprint density at radius 1 is 1.75 bits per heavy atom. The molecule has 1 amide bonds. The zero-order valence-corrected chi connectivity index (χ0v) is 9.07. The van der Waals surface area contributed by atoms with Gasteiger partial charge in [-0.05, 0) is 19.8 Å². The van der Waals surface area contributed by atoms with Crippen molar-refractivity contribution in [1.82, 2.24) is 4.90 Å². The molecule has 2 aliphatic rings. The molecule has 0 aliphatic carbocycles. The zero-order valence-electron chi connectivity index (χ0n) is 9.07. The van der Waals surface area contributed by atoms with Gasteiger partial charge < -0.3 is 14.4 Å². The van der Waals surface area contributed by atoms with Crippen molar-refractivity contribution in [1.29, 1.82) is 0 Å². The molecule has 0 N–H and O–H groups in total. The number of hydrogen-bond donors (Lipinski definition) is 0. The van der Waals surface area contributed by atoms with Gasteiger partial charge >= 0.3 is 17.9 Å². The van der Waals surface area contributed by atoms with Crippen molar-refractivity contribution in [3.05, 3.63) is 0 Å². The molecule has 0 aromatic heterocycles. The van der Waals surface area contributed by atoms with Crippen LogP contribution in [0.2, 0.25) is 0 Å². The molecule has 0 aromatic carbocycles. The Morgan fingerprint density at radius 2 is 2.50 bits per heavy atom. The van der Waals surface area contributed by atoms with Crippen LogP contribution in [0.5, 0.6) is 0 Å². The van der Waals surface area contributed by atoms with Gasteiger partial charge in [-0.2, -0.15) is 4.39 Å². The number of carbonyl (C=O) groups excluding carboxylic acids is 2. The zero-order chi connectivity index (χ0) is 11.8. The molecule has 16 heavy (non-hydrogen) atoms. The van der Waals surface area contributed by atoms with Crippen LogP contribution in [0.4, 0.5) is 9.18 Å². The highest BCUT2D eigenvalue weighted by molar-refractivity contribution is 5.83. The Kier molecular flexibility index (Phi) is 2.73. The number of hydrogen-bond acceptors (Lipinski definition) is 4. The molecule has 2 rings (SSSR count). The average molecular weight is 231 g/mol. The van der Waals surface area contributed by atoms with Crippen LogP contribution in [-0.4, -0.2) is 42.0 Å². The van der Waals surface area contributed by atoms with Crippen LogP contribution in [0.15, 0.2) is 0 Å². The van der Waals surface area contributed by atoms with Crippen molar-refractivity contribution in [2.24, 2.45) is 0 Å². The molecule has 0 bridgehead atoms. The number of rotatable bonds is 2. The molecular weight excluding hydrogens is 217 g/mol. The number of cyclic esters (lactones) is 1. The van der Waals surface area contributed by atoms with E-state index in [0.29, 0.717) is 13.0 Å². The molecule has 0 saturated carbocycles. The number of halogens is 1. The minimum Gasteiger partial charge on any atom is -0.461 e. The molecule has 2 atom stereocenters. The Hall–Kier alpha value is -1.33. The highest BCUT2D eigenvalue weighted by Crippen LogP contribution is 2.35. The molecule has 0 radical (unpaired) electrons. The highest BCUT2D eigenvalue weighted by Gasteiger charge is 2.53. The van der Waals surface area contributed by atoms with Crippen molar-refractivity contribution < 1.29 is 23.5 Å². The first kappa shape index (κ1) is 11.2. The van der Waals surface area contributed by atoms with E-state index in [1.807, 2.05) is 0 Å². The number of amides is 1. The smallest absolute Gasteiger partial charge is 0.413 e. The van der Waals surface area contributed by atoms with Gasteiger partial charge in [-0.25, -0.2) is 9.59 Å². The maximum absolute atomic E-state index is 14.1. The third-order valence-electron chi connectivity index (χ3n) is 2.94. The normalized spacial score (nSPS) is 33.2. The van der Waals surface area contributed by atoms with Crippen molar-refractivity contribution in [2.75, 3.05) is 13.2 Å². The maximum Gasteiger partial charge on any atom is 0.413 e. The van der Waals surface area contributed by atoms with E-state index in [0.717, 1.165) is 6.42 Å². The minimum atomic E-state index is -2.60. The van der Waals surface area contributed by atoms with Crippen LogP contribution < -0.4 is 0 Å².